The molecule has 0 aromatic carbocycles. The van der Waals surface area contributed by atoms with Crippen molar-refractivity contribution in [3.05, 3.63) is 17.0 Å². The number of hydrogen-bond donors (Lipinski definition) is 3. The molecule has 1 aliphatic rings. The summed E-state index contributed by atoms with van der Waals surface area (Å²) in [5.41, 5.74) is -0.0237. The second-order valence-electron chi connectivity index (χ2n) is 4.59. The quantitative estimate of drug-likeness (QED) is 0.770. The lowest BCUT2D eigenvalue weighted by Gasteiger charge is -2.25. The molecule has 3 N–H and O–H groups in total. The molecule has 1 aromatic rings. The van der Waals surface area contributed by atoms with Gasteiger partial charge >= 0.3 is 5.97 Å². The molecule has 19 heavy (non-hydrogen) atoms. The van der Waals surface area contributed by atoms with Gasteiger partial charge in [-0.25, -0.2) is 17.9 Å². The smallest absolute Gasteiger partial charge is 0.336 e. The van der Waals surface area contributed by atoms with Gasteiger partial charge < -0.3 is 10.2 Å². The Bertz CT molecular complexity index is 557. The minimum Gasteiger partial charge on any atom is -0.478 e. The van der Waals surface area contributed by atoms with E-state index >= 15 is 0 Å². The Morgan fingerprint density at radius 3 is 2.47 bits per heavy atom. The first kappa shape index (κ1) is 14.4. The maximum Gasteiger partial charge on any atom is 0.336 e. The van der Waals surface area contributed by atoms with Crippen molar-refractivity contribution in [2.75, 3.05) is 0 Å². The number of carboxylic acids is 1. The molecule has 1 fully saturated rings. The predicted molar refractivity (Wildman–Crippen MR) is 69.9 cm³/mol. The monoisotopic (exact) mass is 305 g/mol. The van der Waals surface area contributed by atoms with Crippen molar-refractivity contribution in [3.8, 4) is 0 Å². The van der Waals surface area contributed by atoms with Gasteiger partial charge in [0.1, 0.15) is 4.21 Å². The lowest BCUT2D eigenvalue weighted by Crippen LogP contribution is -2.38. The van der Waals surface area contributed by atoms with E-state index in [2.05, 4.69) is 4.72 Å². The second-order valence-corrected chi connectivity index (χ2v) is 7.44. The number of aliphatic hydroxyl groups is 1. The highest BCUT2D eigenvalue weighted by atomic mass is 32.2. The summed E-state index contributed by atoms with van der Waals surface area (Å²) in [5, 5.41) is 19.5. The van der Waals surface area contributed by atoms with Crippen molar-refractivity contribution < 1.29 is 23.4 Å². The van der Waals surface area contributed by atoms with Crippen LogP contribution in [0.5, 0.6) is 0 Å². The maximum atomic E-state index is 12.1. The molecule has 1 saturated carbocycles. The van der Waals surface area contributed by atoms with Crippen LogP contribution in [0.3, 0.4) is 0 Å². The third kappa shape index (κ3) is 3.53. The van der Waals surface area contributed by atoms with Gasteiger partial charge in [0.15, 0.2) is 0 Å². The molecule has 6 nitrogen and oxygen atoms in total. The normalized spacial score (nSPS) is 24.3. The minimum atomic E-state index is -3.67. The largest absolute Gasteiger partial charge is 0.478 e. The first-order valence-electron chi connectivity index (χ1n) is 5.91. The number of carbonyl (C=O) groups is 1. The molecule has 1 aromatic heterocycles. The fraction of sp³-hybridized carbons (Fsp3) is 0.545. The minimum absolute atomic E-state index is 0.0102. The Balaban J connectivity index is 2.07. The number of carboxylic acid groups (broad SMARTS) is 1. The van der Waals surface area contributed by atoms with Crippen molar-refractivity contribution >= 4 is 27.3 Å². The van der Waals surface area contributed by atoms with Crippen molar-refractivity contribution in [1.29, 1.82) is 0 Å². The van der Waals surface area contributed by atoms with E-state index in [1.165, 1.54) is 5.38 Å². The maximum absolute atomic E-state index is 12.1. The van der Waals surface area contributed by atoms with E-state index in [4.69, 9.17) is 5.11 Å². The Labute approximate surface area is 115 Å². The lowest BCUT2D eigenvalue weighted by atomic mass is 9.94. The van der Waals surface area contributed by atoms with Gasteiger partial charge in [0.25, 0.3) is 0 Å². The summed E-state index contributed by atoms with van der Waals surface area (Å²) in [4.78, 5) is 10.7. The van der Waals surface area contributed by atoms with Crippen LogP contribution in [0, 0.1) is 0 Å². The molecule has 1 heterocycles. The molecule has 0 atom stereocenters. The van der Waals surface area contributed by atoms with Gasteiger partial charge in [-0.3, -0.25) is 0 Å². The number of thiophene rings is 1. The molecular formula is C11H15NO5S2. The second kappa shape index (κ2) is 5.58. The van der Waals surface area contributed by atoms with Crippen LogP contribution in [-0.2, 0) is 10.0 Å². The Morgan fingerprint density at radius 1 is 1.32 bits per heavy atom. The van der Waals surface area contributed by atoms with E-state index in [-0.39, 0.29) is 21.9 Å². The Morgan fingerprint density at radius 2 is 1.95 bits per heavy atom. The Hall–Kier alpha value is -0.960. The molecule has 0 saturated heterocycles. The zero-order valence-corrected chi connectivity index (χ0v) is 11.7. The van der Waals surface area contributed by atoms with Crippen LogP contribution < -0.4 is 4.72 Å². The van der Waals surface area contributed by atoms with E-state index < -0.39 is 16.0 Å². The molecule has 0 spiro atoms. The van der Waals surface area contributed by atoms with Gasteiger partial charge in [-0.05, 0) is 31.7 Å². The summed E-state index contributed by atoms with van der Waals surface area (Å²) in [5.74, 6) is -1.14. The number of rotatable bonds is 4. The average Bonchev–Trinajstić information content (AvgIpc) is 2.82. The number of aliphatic hydroxyl groups excluding tert-OH is 1. The van der Waals surface area contributed by atoms with Crippen LogP contribution in [-0.4, -0.2) is 36.7 Å². The summed E-state index contributed by atoms with van der Waals surface area (Å²) in [6.45, 7) is 0. The van der Waals surface area contributed by atoms with Gasteiger partial charge in [-0.1, -0.05) is 0 Å². The van der Waals surface area contributed by atoms with Crippen LogP contribution in [0.1, 0.15) is 36.0 Å². The summed E-state index contributed by atoms with van der Waals surface area (Å²) in [6, 6.07) is 0.969. The third-order valence-electron chi connectivity index (χ3n) is 3.11. The third-order valence-corrected chi connectivity index (χ3v) is 6.07. The van der Waals surface area contributed by atoms with Crippen LogP contribution >= 0.6 is 11.3 Å². The number of sulfonamides is 1. The van der Waals surface area contributed by atoms with E-state index in [0.29, 0.717) is 25.7 Å². The summed E-state index contributed by atoms with van der Waals surface area (Å²) in [7, 11) is -3.67. The zero-order chi connectivity index (χ0) is 14.0. The molecule has 0 amide bonds. The highest BCUT2D eigenvalue weighted by molar-refractivity contribution is 7.91. The molecule has 0 radical (unpaired) electrons. The van der Waals surface area contributed by atoms with Gasteiger partial charge in [-0.2, -0.15) is 0 Å². The first-order valence-corrected chi connectivity index (χ1v) is 8.27. The van der Waals surface area contributed by atoms with Crippen molar-refractivity contribution in [1.82, 2.24) is 4.72 Å². The van der Waals surface area contributed by atoms with Crippen molar-refractivity contribution in [2.45, 2.75) is 42.0 Å². The number of nitrogens with one attached hydrogen (secondary N) is 1. The van der Waals surface area contributed by atoms with Gasteiger partial charge in [0.2, 0.25) is 10.0 Å². The fourth-order valence-electron chi connectivity index (χ4n) is 2.04. The van der Waals surface area contributed by atoms with Crippen LogP contribution in [0.2, 0.25) is 0 Å². The molecule has 1 aliphatic carbocycles. The van der Waals surface area contributed by atoms with E-state index in [9.17, 15) is 18.3 Å². The first-order chi connectivity index (χ1) is 8.88. The van der Waals surface area contributed by atoms with Crippen molar-refractivity contribution in [3.63, 3.8) is 0 Å². The molecule has 0 unspecified atom stereocenters. The molecule has 8 heteroatoms. The van der Waals surface area contributed by atoms with Gasteiger partial charge in [-0.15, -0.1) is 11.3 Å². The summed E-state index contributed by atoms with van der Waals surface area (Å²) >= 11 is 0.893. The standard InChI is InChI=1S/C11H15NO5S2/c13-9-3-1-8(2-4-9)12-19(16,17)10-5-7(6-18-10)11(14)15/h5-6,8-9,12-13H,1-4H2,(H,14,15). The van der Waals surface area contributed by atoms with Crippen molar-refractivity contribution in [2.24, 2.45) is 0 Å². The van der Waals surface area contributed by atoms with E-state index in [0.717, 1.165) is 17.4 Å². The average molecular weight is 305 g/mol. The molecule has 0 aliphatic heterocycles. The molecule has 106 valence electrons. The fourth-order valence-corrected chi connectivity index (χ4v) is 4.52. The zero-order valence-electron chi connectivity index (χ0n) is 10.1. The van der Waals surface area contributed by atoms with Crippen LogP contribution in [0.25, 0.3) is 0 Å². The number of hydrogen-bond acceptors (Lipinski definition) is 5. The van der Waals surface area contributed by atoms with Gasteiger partial charge in [0.05, 0.1) is 11.7 Å². The highest BCUT2D eigenvalue weighted by Crippen LogP contribution is 2.24. The van der Waals surface area contributed by atoms with Crippen LogP contribution in [0.4, 0.5) is 0 Å². The van der Waals surface area contributed by atoms with Crippen LogP contribution in [0.15, 0.2) is 15.7 Å². The number of aromatic carboxylic acids is 1. The summed E-state index contributed by atoms with van der Waals surface area (Å²) < 4.78 is 26.7. The predicted octanol–water partition coefficient (Wildman–Crippen LogP) is 1.03. The SMILES string of the molecule is O=C(O)c1csc(S(=O)(=O)NC2CCC(O)CC2)c1. The summed E-state index contributed by atoms with van der Waals surface area (Å²) in [6.07, 6.45) is 2.01. The van der Waals surface area contributed by atoms with E-state index in [1.54, 1.807) is 0 Å². The van der Waals surface area contributed by atoms with E-state index in [1.807, 2.05) is 0 Å². The highest BCUT2D eigenvalue weighted by Gasteiger charge is 2.26. The Kier molecular flexibility index (Phi) is 4.24. The molecule has 0 bridgehead atoms. The lowest BCUT2D eigenvalue weighted by molar-refractivity contribution is 0.0697. The topological polar surface area (TPSA) is 104 Å². The molecule has 2 rings (SSSR count). The van der Waals surface area contributed by atoms with Gasteiger partial charge in [0, 0.05) is 11.4 Å². The molecular weight excluding hydrogens is 290 g/mol.